The first kappa shape index (κ1) is 27.5. The van der Waals surface area contributed by atoms with Crippen molar-refractivity contribution in [2.75, 3.05) is 18.6 Å². The average Bonchev–Trinajstić information content (AvgIpc) is 3.35. The number of amides is 1. The second-order valence-electron chi connectivity index (χ2n) is 11.2. The molecule has 2 aromatic carbocycles. The molecule has 5 rings (SSSR count). The van der Waals surface area contributed by atoms with Gasteiger partial charge in [0.1, 0.15) is 11.9 Å². The Bertz CT molecular complexity index is 1320. The Hall–Kier alpha value is -3.05. The number of aromatic nitrogens is 3. The van der Waals surface area contributed by atoms with Gasteiger partial charge in [0.15, 0.2) is 8.32 Å². The van der Waals surface area contributed by atoms with Crippen LogP contribution in [0.25, 0.3) is 0 Å². The smallest absolute Gasteiger partial charge is 0.231 e. The van der Waals surface area contributed by atoms with E-state index >= 15 is 0 Å². The Balaban J connectivity index is 1.43. The minimum atomic E-state index is -2.66. The third kappa shape index (κ3) is 5.51. The normalized spacial score (nSPS) is 21.7. The zero-order valence-electron chi connectivity index (χ0n) is 23.1. The first-order valence-electron chi connectivity index (χ1n) is 13.7. The van der Waals surface area contributed by atoms with Crippen LogP contribution < -0.4 is 9.64 Å². The summed E-state index contributed by atoms with van der Waals surface area (Å²) >= 11 is 0. The van der Waals surface area contributed by atoms with Crippen LogP contribution >= 0.6 is 0 Å². The fourth-order valence-electron chi connectivity index (χ4n) is 6.08. The summed E-state index contributed by atoms with van der Waals surface area (Å²) in [5.74, 6) is 0.765. The number of nitrogens with zero attached hydrogens (tertiary/aromatic N) is 4. The molecule has 39 heavy (non-hydrogen) atoms. The van der Waals surface area contributed by atoms with Crippen LogP contribution in [0.15, 0.2) is 48.7 Å². The molecular formula is C29H38N4O5Si. The number of benzene rings is 2. The summed E-state index contributed by atoms with van der Waals surface area (Å²) in [5.41, 5.74) is 4.47. The van der Waals surface area contributed by atoms with E-state index in [0.29, 0.717) is 25.8 Å². The molecule has 0 radical (unpaired) electrons. The molecule has 2 aliphatic heterocycles. The van der Waals surface area contributed by atoms with E-state index in [-0.39, 0.29) is 36.2 Å². The molecule has 0 bridgehead atoms. The van der Waals surface area contributed by atoms with Gasteiger partial charge in [0.05, 0.1) is 17.5 Å². The summed E-state index contributed by atoms with van der Waals surface area (Å²) in [6, 6.07) is 13.9. The Labute approximate surface area is 230 Å². The van der Waals surface area contributed by atoms with Gasteiger partial charge in [0, 0.05) is 62.0 Å². The lowest BCUT2D eigenvalue weighted by Crippen LogP contribution is -2.48. The van der Waals surface area contributed by atoms with Crippen molar-refractivity contribution >= 4 is 25.6 Å². The molecule has 0 aliphatic carbocycles. The molecule has 1 amide bonds. The van der Waals surface area contributed by atoms with Crippen LogP contribution in [-0.4, -0.2) is 58.9 Å². The second-order valence-corrected chi connectivity index (χ2v) is 15.2. The van der Waals surface area contributed by atoms with Crippen molar-refractivity contribution in [2.24, 2.45) is 5.92 Å². The number of anilines is 2. The molecule has 4 atom stereocenters. The van der Waals surface area contributed by atoms with Gasteiger partial charge in [-0.15, -0.1) is 5.10 Å². The van der Waals surface area contributed by atoms with Crippen molar-refractivity contribution in [2.45, 2.75) is 70.0 Å². The summed E-state index contributed by atoms with van der Waals surface area (Å²) in [6.45, 7) is 6.63. The zero-order chi connectivity index (χ0) is 27.7. The third-order valence-corrected chi connectivity index (χ3v) is 10.5. The molecule has 3 heterocycles. The van der Waals surface area contributed by atoms with Crippen LogP contribution in [0.4, 0.5) is 11.4 Å². The molecule has 9 nitrogen and oxygen atoms in total. The van der Waals surface area contributed by atoms with Gasteiger partial charge in [0.2, 0.25) is 5.91 Å². The highest BCUT2D eigenvalue weighted by Crippen LogP contribution is 2.48. The summed E-state index contributed by atoms with van der Waals surface area (Å²) in [7, 11) is -0.959. The number of hydrogen-bond acceptors (Lipinski definition) is 7. The van der Waals surface area contributed by atoms with E-state index < -0.39 is 8.32 Å². The minimum Gasteiger partial charge on any atom is -0.490 e. The van der Waals surface area contributed by atoms with E-state index in [1.807, 2.05) is 55.7 Å². The number of rotatable bonds is 9. The lowest BCUT2D eigenvalue weighted by atomic mass is 9.86. The van der Waals surface area contributed by atoms with E-state index in [2.05, 4.69) is 23.3 Å². The van der Waals surface area contributed by atoms with E-state index in [4.69, 9.17) is 9.47 Å². The number of aliphatic hydroxyl groups is 1. The molecule has 2 aliphatic rings. The first-order valence-corrected chi connectivity index (χ1v) is 16.7. The van der Waals surface area contributed by atoms with Gasteiger partial charge in [-0.1, -0.05) is 30.3 Å². The quantitative estimate of drug-likeness (QED) is 0.385. The molecule has 10 heteroatoms. The predicted octanol–water partition coefficient (Wildman–Crippen LogP) is 4.17. The highest BCUT2D eigenvalue weighted by molar-refractivity contribution is 6.71. The van der Waals surface area contributed by atoms with Crippen molar-refractivity contribution < 1.29 is 24.2 Å². The number of carbonyl (C=O) groups excluding carboxylic acids is 1. The average molecular weight is 551 g/mol. The van der Waals surface area contributed by atoms with E-state index in [0.717, 1.165) is 40.4 Å². The Kier molecular flexibility index (Phi) is 7.91. The summed E-state index contributed by atoms with van der Waals surface area (Å²) < 4.78 is 14.5. The largest absolute Gasteiger partial charge is 0.490 e. The van der Waals surface area contributed by atoms with Crippen molar-refractivity contribution in [1.82, 2.24) is 15.0 Å². The third-order valence-electron chi connectivity index (χ3n) is 8.09. The van der Waals surface area contributed by atoms with Gasteiger partial charge < -0.3 is 19.4 Å². The molecule has 0 spiro atoms. The first-order chi connectivity index (χ1) is 18.7. The Morgan fingerprint density at radius 1 is 1.21 bits per heavy atom. The van der Waals surface area contributed by atoms with Gasteiger partial charge in [-0.05, 0) is 55.8 Å². The van der Waals surface area contributed by atoms with Gasteiger partial charge in [-0.3, -0.25) is 14.4 Å². The van der Waals surface area contributed by atoms with Crippen molar-refractivity contribution in [1.29, 1.82) is 0 Å². The number of carbonyl (C=O) groups is 1. The fraction of sp³-hybridized carbons (Fsp3) is 0.483. The minimum absolute atomic E-state index is 0.0310. The Morgan fingerprint density at radius 3 is 2.74 bits per heavy atom. The Morgan fingerprint density at radius 2 is 2.00 bits per heavy atom. The summed E-state index contributed by atoms with van der Waals surface area (Å²) in [6.07, 6.45) is 3.71. The fourth-order valence-corrected chi connectivity index (χ4v) is 8.09. The maximum atomic E-state index is 13.0. The van der Waals surface area contributed by atoms with Crippen LogP contribution in [-0.2, 0) is 28.9 Å². The standard InChI is InChI=1S/C29H38N4O5Si/c1-19-28(37-2)23-17-22(33-24-8-6-5-7-20(24)9-12-27(33)35)10-11-25(23)38-29(19)26(39(3,4)36)13-15-32-18-21(14-16-34)30-31-32/h5-8,10-11,17-19,26,28-29,34,36H,9,12-16H2,1-4H3/t19-,26?,28-,29-/m0/s1. The van der Waals surface area contributed by atoms with E-state index in [1.165, 1.54) is 0 Å². The van der Waals surface area contributed by atoms with Gasteiger partial charge in [-0.2, -0.15) is 0 Å². The summed E-state index contributed by atoms with van der Waals surface area (Å²) in [5, 5.41) is 17.5. The lowest BCUT2D eigenvalue weighted by molar-refractivity contribution is -0.118. The van der Waals surface area contributed by atoms with Crippen LogP contribution in [0.3, 0.4) is 0 Å². The van der Waals surface area contributed by atoms with Crippen LogP contribution in [0.2, 0.25) is 18.6 Å². The van der Waals surface area contributed by atoms with Crippen LogP contribution in [0.5, 0.6) is 5.75 Å². The SMILES string of the molecule is CO[C@@H]1c2cc(N3C(=O)CCc4ccccc43)ccc2O[C@H](C(CCn2cc(CCO)nn2)[Si](C)(C)O)[C@H]1C. The van der Waals surface area contributed by atoms with Gasteiger partial charge in [0.25, 0.3) is 0 Å². The highest BCUT2D eigenvalue weighted by Gasteiger charge is 2.46. The maximum Gasteiger partial charge on any atom is 0.231 e. The molecule has 0 saturated carbocycles. The monoisotopic (exact) mass is 550 g/mol. The number of ether oxygens (including phenoxy) is 2. The number of hydrogen-bond donors (Lipinski definition) is 2. The zero-order valence-corrected chi connectivity index (χ0v) is 24.1. The molecular weight excluding hydrogens is 512 g/mol. The van der Waals surface area contributed by atoms with Gasteiger partial charge in [-0.25, -0.2) is 0 Å². The van der Waals surface area contributed by atoms with E-state index in [9.17, 15) is 14.7 Å². The molecule has 0 saturated heterocycles. The second kappa shape index (κ2) is 11.2. The molecule has 1 aromatic heterocycles. The van der Waals surface area contributed by atoms with Crippen molar-refractivity contribution in [3.8, 4) is 5.75 Å². The van der Waals surface area contributed by atoms with E-state index in [1.54, 1.807) is 16.7 Å². The molecule has 208 valence electrons. The molecule has 0 fully saturated rings. The van der Waals surface area contributed by atoms with Crippen molar-refractivity contribution in [3.63, 3.8) is 0 Å². The van der Waals surface area contributed by atoms with Crippen LogP contribution in [0, 0.1) is 5.92 Å². The molecule has 3 aromatic rings. The molecule has 2 N–H and O–H groups in total. The number of methoxy groups -OCH3 is 1. The summed E-state index contributed by atoms with van der Waals surface area (Å²) in [4.78, 5) is 26.2. The topological polar surface area (TPSA) is 110 Å². The number of para-hydroxylation sites is 1. The van der Waals surface area contributed by atoms with Gasteiger partial charge >= 0.3 is 0 Å². The number of aliphatic hydroxyl groups excluding tert-OH is 1. The van der Waals surface area contributed by atoms with Crippen LogP contribution in [0.1, 0.15) is 42.7 Å². The predicted molar refractivity (Wildman–Crippen MR) is 151 cm³/mol. The number of fused-ring (bicyclic) bond motifs is 2. The highest BCUT2D eigenvalue weighted by atomic mass is 28.4. The molecule has 1 unspecified atom stereocenters. The number of aryl methyl sites for hydroxylation is 2. The lowest BCUT2D eigenvalue weighted by Gasteiger charge is -2.44. The maximum absolute atomic E-state index is 13.0. The van der Waals surface area contributed by atoms with Crippen molar-refractivity contribution in [3.05, 3.63) is 65.5 Å².